The third-order valence-corrected chi connectivity index (χ3v) is 2.17. The van der Waals surface area contributed by atoms with Gasteiger partial charge in [0.1, 0.15) is 5.69 Å². The maximum absolute atomic E-state index is 10.6. The van der Waals surface area contributed by atoms with E-state index in [-0.39, 0.29) is 11.7 Å². The van der Waals surface area contributed by atoms with Gasteiger partial charge < -0.3 is 10.4 Å². The Bertz CT molecular complexity index is 334. The fourth-order valence-electron chi connectivity index (χ4n) is 1.31. The second-order valence-corrected chi connectivity index (χ2v) is 3.05. The molecule has 68 valence electrons. The molecule has 0 radical (unpaired) electrons. The standard InChI is InChI=1S/C9H10N2O2/c12-9(13)8-3-1-2-7(11-8)6-4-5-10-6/h1-3,6,10H,4-5H2,(H,12,13)/t6-/m0/s1. The fraction of sp³-hybridized carbons (Fsp3) is 0.333. The Balaban J connectivity index is 2.26. The van der Waals surface area contributed by atoms with Crippen molar-refractivity contribution < 1.29 is 9.90 Å². The number of aromatic carboxylic acids is 1. The van der Waals surface area contributed by atoms with Gasteiger partial charge >= 0.3 is 5.97 Å². The summed E-state index contributed by atoms with van der Waals surface area (Å²) in [5.74, 6) is -0.971. The van der Waals surface area contributed by atoms with E-state index in [1.165, 1.54) is 6.07 Å². The van der Waals surface area contributed by atoms with Gasteiger partial charge in [-0.15, -0.1) is 0 Å². The molecule has 0 unspecified atom stereocenters. The molecule has 4 nitrogen and oxygen atoms in total. The van der Waals surface area contributed by atoms with Gasteiger partial charge in [-0.3, -0.25) is 0 Å². The van der Waals surface area contributed by atoms with Crippen molar-refractivity contribution in [3.05, 3.63) is 29.6 Å². The van der Waals surface area contributed by atoms with Crippen molar-refractivity contribution in [3.8, 4) is 0 Å². The van der Waals surface area contributed by atoms with E-state index in [4.69, 9.17) is 5.11 Å². The van der Waals surface area contributed by atoms with Gasteiger partial charge in [0.15, 0.2) is 0 Å². The molecule has 1 aliphatic rings. The van der Waals surface area contributed by atoms with Crippen molar-refractivity contribution in [3.63, 3.8) is 0 Å². The van der Waals surface area contributed by atoms with Crippen LogP contribution in [0.2, 0.25) is 0 Å². The summed E-state index contributed by atoms with van der Waals surface area (Å²) >= 11 is 0. The van der Waals surface area contributed by atoms with Crippen molar-refractivity contribution in [2.75, 3.05) is 6.54 Å². The van der Waals surface area contributed by atoms with Gasteiger partial charge in [-0.05, 0) is 25.1 Å². The van der Waals surface area contributed by atoms with Crippen molar-refractivity contribution in [1.82, 2.24) is 10.3 Å². The topological polar surface area (TPSA) is 62.2 Å². The van der Waals surface area contributed by atoms with Gasteiger partial charge in [-0.25, -0.2) is 9.78 Å². The van der Waals surface area contributed by atoms with Crippen LogP contribution in [0, 0.1) is 0 Å². The zero-order valence-corrected chi connectivity index (χ0v) is 7.03. The van der Waals surface area contributed by atoms with Crippen molar-refractivity contribution >= 4 is 5.97 Å². The molecule has 4 heteroatoms. The summed E-state index contributed by atoms with van der Waals surface area (Å²) in [7, 11) is 0. The van der Waals surface area contributed by atoms with Crippen LogP contribution >= 0.6 is 0 Å². The molecule has 1 fully saturated rings. The number of carbonyl (C=O) groups is 1. The number of pyridine rings is 1. The lowest BCUT2D eigenvalue weighted by atomic mass is 10.0. The average Bonchev–Trinajstić information content (AvgIpc) is 2.01. The highest BCUT2D eigenvalue weighted by molar-refractivity contribution is 5.85. The summed E-state index contributed by atoms with van der Waals surface area (Å²) in [5, 5.41) is 11.9. The van der Waals surface area contributed by atoms with E-state index in [2.05, 4.69) is 10.3 Å². The summed E-state index contributed by atoms with van der Waals surface area (Å²) in [5.41, 5.74) is 0.942. The number of nitrogens with one attached hydrogen (secondary N) is 1. The van der Waals surface area contributed by atoms with Gasteiger partial charge in [0.2, 0.25) is 0 Å². The first kappa shape index (κ1) is 8.19. The second kappa shape index (κ2) is 3.14. The zero-order chi connectivity index (χ0) is 9.26. The number of aromatic nitrogens is 1. The lowest BCUT2D eigenvalue weighted by molar-refractivity contribution is 0.0690. The third-order valence-electron chi connectivity index (χ3n) is 2.17. The molecular formula is C9H10N2O2. The SMILES string of the molecule is O=C(O)c1cccc([C@@H]2CCN2)n1. The van der Waals surface area contributed by atoms with E-state index >= 15 is 0 Å². The molecular weight excluding hydrogens is 168 g/mol. The lowest BCUT2D eigenvalue weighted by Gasteiger charge is -2.26. The van der Waals surface area contributed by atoms with Crippen LogP contribution in [0.5, 0.6) is 0 Å². The first-order chi connectivity index (χ1) is 6.27. The van der Waals surface area contributed by atoms with Gasteiger partial charge in [-0.2, -0.15) is 0 Å². The summed E-state index contributed by atoms with van der Waals surface area (Å²) in [6.07, 6.45) is 1.04. The molecule has 0 aliphatic carbocycles. The minimum Gasteiger partial charge on any atom is -0.477 e. The lowest BCUT2D eigenvalue weighted by Crippen LogP contribution is -2.35. The smallest absolute Gasteiger partial charge is 0.354 e. The first-order valence-electron chi connectivity index (χ1n) is 4.21. The van der Waals surface area contributed by atoms with Crippen LogP contribution in [0.3, 0.4) is 0 Å². The van der Waals surface area contributed by atoms with Crippen molar-refractivity contribution in [1.29, 1.82) is 0 Å². The molecule has 1 atom stereocenters. The first-order valence-corrected chi connectivity index (χ1v) is 4.21. The van der Waals surface area contributed by atoms with E-state index in [0.717, 1.165) is 18.7 Å². The van der Waals surface area contributed by atoms with Crippen molar-refractivity contribution in [2.24, 2.45) is 0 Å². The Labute approximate surface area is 75.6 Å². The minimum absolute atomic E-state index is 0.117. The molecule has 0 saturated carbocycles. The highest BCUT2D eigenvalue weighted by Crippen LogP contribution is 2.20. The number of hydrogen-bond acceptors (Lipinski definition) is 3. The van der Waals surface area contributed by atoms with E-state index in [9.17, 15) is 4.79 Å². The minimum atomic E-state index is -0.971. The molecule has 2 heterocycles. The number of hydrogen-bond donors (Lipinski definition) is 2. The predicted octanol–water partition coefficient (Wildman–Crippen LogP) is 0.814. The molecule has 2 N–H and O–H groups in total. The van der Waals surface area contributed by atoms with Crippen LogP contribution in [0.15, 0.2) is 18.2 Å². The quantitative estimate of drug-likeness (QED) is 0.703. The predicted molar refractivity (Wildman–Crippen MR) is 46.6 cm³/mol. The van der Waals surface area contributed by atoms with E-state index in [1.807, 2.05) is 6.07 Å². The molecule has 0 spiro atoms. The Morgan fingerprint density at radius 3 is 2.92 bits per heavy atom. The summed E-state index contributed by atoms with van der Waals surface area (Å²) < 4.78 is 0. The van der Waals surface area contributed by atoms with Crippen LogP contribution in [-0.4, -0.2) is 22.6 Å². The average molecular weight is 178 g/mol. The van der Waals surface area contributed by atoms with Gasteiger partial charge in [-0.1, -0.05) is 6.07 Å². The number of rotatable bonds is 2. The number of carboxylic acids is 1. The van der Waals surface area contributed by atoms with Crippen LogP contribution in [-0.2, 0) is 0 Å². The molecule has 0 bridgehead atoms. The highest BCUT2D eigenvalue weighted by Gasteiger charge is 2.20. The molecule has 0 aromatic carbocycles. The molecule has 0 amide bonds. The van der Waals surface area contributed by atoms with Gasteiger partial charge in [0.05, 0.1) is 11.7 Å². The molecule has 1 saturated heterocycles. The van der Waals surface area contributed by atoms with E-state index < -0.39 is 5.97 Å². The van der Waals surface area contributed by atoms with Gasteiger partial charge in [0, 0.05) is 0 Å². The molecule has 1 aliphatic heterocycles. The largest absolute Gasteiger partial charge is 0.477 e. The number of nitrogens with zero attached hydrogens (tertiary/aromatic N) is 1. The summed E-state index contributed by atoms with van der Waals surface area (Å²) in [6.45, 7) is 0.990. The Hall–Kier alpha value is -1.42. The van der Waals surface area contributed by atoms with Gasteiger partial charge in [0.25, 0.3) is 0 Å². The van der Waals surface area contributed by atoms with Crippen LogP contribution in [0.25, 0.3) is 0 Å². The summed E-state index contributed by atoms with van der Waals surface area (Å²) in [4.78, 5) is 14.6. The molecule has 2 rings (SSSR count). The van der Waals surface area contributed by atoms with Crippen LogP contribution in [0.1, 0.15) is 28.6 Å². The Morgan fingerprint density at radius 1 is 1.62 bits per heavy atom. The fourth-order valence-corrected chi connectivity index (χ4v) is 1.31. The Kier molecular flexibility index (Phi) is 1.98. The zero-order valence-electron chi connectivity index (χ0n) is 7.03. The normalized spacial score (nSPS) is 20.8. The number of carboxylic acid groups (broad SMARTS) is 1. The monoisotopic (exact) mass is 178 g/mol. The molecule has 1 aromatic rings. The molecule has 1 aromatic heterocycles. The van der Waals surface area contributed by atoms with E-state index in [1.54, 1.807) is 6.07 Å². The maximum atomic E-state index is 10.6. The summed E-state index contributed by atoms with van der Waals surface area (Å²) in [6, 6.07) is 5.33. The third kappa shape index (κ3) is 1.53. The van der Waals surface area contributed by atoms with Crippen LogP contribution in [0.4, 0.5) is 0 Å². The highest BCUT2D eigenvalue weighted by atomic mass is 16.4. The second-order valence-electron chi connectivity index (χ2n) is 3.05. The molecule has 13 heavy (non-hydrogen) atoms. The van der Waals surface area contributed by atoms with Crippen molar-refractivity contribution in [2.45, 2.75) is 12.5 Å². The van der Waals surface area contributed by atoms with E-state index in [0.29, 0.717) is 0 Å². The maximum Gasteiger partial charge on any atom is 0.354 e. The Morgan fingerprint density at radius 2 is 2.38 bits per heavy atom. The van der Waals surface area contributed by atoms with Crippen LogP contribution < -0.4 is 5.32 Å².